The van der Waals surface area contributed by atoms with E-state index in [1.165, 1.54) is 37.7 Å². The lowest BCUT2D eigenvalue weighted by Crippen LogP contribution is -2.32. The molecule has 0 saturated heterocycles. The molecule has 1 fully saturated rings. The Morgan fingerprint density at radius 1 is 1.30 bits per heavy atom. The van der Waals surface area contributed by atoms with Gasteiger partial charge in [0.2, 0.25) is 0 Å². The van der Waals surface area contributed by atoms with Crippen LogP contribution < -0.4 is 5.32 Å². The minimum absolute atomic E-state index is 0.159. The zero-order valence-corrected chi connectivity index (χ0v) is 12.3. The van der Waals surface area contributed by atoms with Gasteiger partial charge in [-0.3, -0.25) is 4.79 Å². The predicted octanol–water partition coefficient (Wildman–Crippen LogP) is 3.31. The van der Waals surface area contributed by atoms with Gasteiger partial charge < -0.3 is 10.2 Å². The van der Waals surface area contributed by atoms with Crippen molar-refractivity contribution in [1.29, 1.82) is 0 Å². The fraction of sp³-hybridized carbons (Fsp3) is 0.588. The summed E-state index contributed by atoms with van der Waals surface area (Å²) in [5, 5.41) is 3.34. The van der Waals surface area contributed by atoms with E-state index in [0.717, 1.165) is 30.8 Å². The minimum atomic E-state index is 0.159. The van der Waals surface area contributed by atoms with Crippen LogP contribution in [-0.4, -0.2) is 30.9 Å². The summed E-state index contributed by atoms with van der Waals surface area (Å²) < 4.78 is 0. The lowest BCUT2D eigenvalue weighted by molar-refractivity contribution is 0.0760. The molecule has 1 saturated carbocycles. The van der Waals surface area contributed by atoms with Crippen molar-refractivity contribution < 1.29 is 4.79 Å². The second-order valence-corrected chi connectivity index (χ2v) is 6.24. The lowest BCUT2D eigenvalue weighted by Gasteiger charge is -2.27. The fourth-order valence-electron chi connectivity index (χ4n) is 3.48. The van der Waals surface area contributed by atoms with Crippen molar-refractivity contribution in [2.24, 2.45) is 5.92 Å². The van der Waals surface area contributed by atoms with Gasteiger partial charge in [0.25, 0.3) is 5.91 Å². The summed E-state index contributed by atoms with van der Waals surface area (Å²) in [5.74, 6) is 0.859. The first kappa shape index (κ1) is 13.5. The highest BCUT2D eigenvalue weighted by Gasteiger charge is 2.20. The van der Waals surface area contributed by atoms with Crippen molar-refractivity contribution in [2.45, 2.75) is 38.5 Å². The Morgan fingerprint density at radius 2 is 2.10 bits per heavy atom. The average molecular weight is 272 g/mol. The van der Waals surface area contributed by atoms with E-state index in [1.54, 1.807) is 0 Å². The van der Waals surface area contributed by atoms with Gasteiger partial charge in [-0.2, -0.15) is 0 Å². The van der Waals surface area contributed by atoms with Crippen LogP contribution in [0.5, 0.6) is 0 Å². The molecule has 0 unspecified atom stereocenters. The van der Waals surface area contributed by atoms with Crippen molar-refractivity contribution in [3.63, 3.8) is 0 Å². The monoisotopic (exact) mass is 272 g/mol. The number of fused-ring (bicyclic) bond motifs is 1. The molecule has 0 atom stereocenters. The van der Waals surface area contributed by atoms with E-state index in [9.17, 15) is 4.79 Å². The van der Waals surface area contributed by atoms with Gasteiger partial charge >= 0.3 is 0 Å². The highest BCUT2D eigenvalue weighted by atomic mass is 16.2. The molecule has 1 aliphatic heterocycles. The summed E-state index contributed by atoms with van der Waals surface area (Å²) in [6.07, 6.45) is 7.66. The molecule has 1 heterocycles. The number of rotatable bonds is 3. The molecular formula is C17H24N2O. The van der Waals surface area contributed by atoms with E-state index in [0.29, 0.717) is 5.92 Å². The van der Waals surface area contributed by atoms with Gasteiger partial charge in [-0.1, -0.05) is 25.3 Å². The molecule has 1 aromatic rings. The molecule has 0 spiro atoms. The molecule has 1 N–H and O–H groups in total. The molecule has 20 heavy (non-hydrogen) atoms. The molecule has 0 bridgehead atoms. The summed E-state index contributed by atoms with van der Waals surface area (Å²) in [4.78, 5) is 14.4. The molecule has 1 amide bonds. The average Bonchev–Trinajstić information content (AvgIpc) is 2.94. The summed E-state index contributed by atoms with van der Waals surface area (Å²) in [6, 6.07) is 6.09. The fourth-order valence-corrected chi connectivity index (χ4v) is 3.48. The number of nitrogens with zero attached hydrogens (tertiary/aromatic N) is 1. The number of anilines is 1. The van der Waals surface area contributed by atoms with E-state index < -0.39 is 0 Å². The molecule has 1 aliphatic carbocycles. The first-order valence-corrected chi connectivity index (χ1v) is 7.86. The molecule has 0 radical (unpaired) electrons. The van der Waals surface area contributed by atoms with Gasteiger partial charge in [-0.25, -0.2) is 0 Å². The predicted molar refractivity (Wildman–Crippen MR) is 82.2 cm³/mol. The maximum atomic E-state index is 12.5. The normalized spacial score (nSPS) is 18.4. The highest BCUT2D eigenvalue weighted by molar-refractivity contribution is 5.95. The van der Waals surface area contributed by atoms with E-state index >= 15 is 0 Å². The van der Waals surface area contributed by atoms with Crippen LogP contribution in [0.2, 0.25) is 0 Å². The smallest absolute Gasteiger partial charge is 0.253 e. The largest absolute Gasteiger partial charge is 0.384 e. The zero-order chi connectivity index (χ0) is 13.9. The van der Waals surface area contributed by atoms with Crippen LogP contribution in [0.15, 0.2) is 18.2 Å². The van der Waals surface area contributed by atoms with Crippen LogP contribution in [0.4, 0.5) is 5.69 Å². The number of benzene rings is 1. The topological polar surface area (TPSA) is 32.3 Å². The van der Waals surface area contributed by atoms with Crippen LogP contribution in [-0.2, 0) is 6.42 Å². The van der Waals surface area contributed by atoms with Crippen LogP contribution >= 0.6 is 0 Å². The molecule has 108 valence electrons. The summed E-state index contributed by atoms with van der Waals surface area (Å²) in [7, 11) is 1.94. The van der Waals surface area contributed by atoms with Crippen LogP contribution in [0.1, 0.15) is 48.0 Å². The Labute approximate surface area is 121 Å². The van der Waals surface area contributed by atoms with E-state index in [4.69, 9.17) is 0 Å². The molecule has 3 rings (SSSR count). The van der Waals surface area contributed by atoms with Gasteiger partial charge in [-0.05, 0) is 42.9 Å². The van der Waals surface area contributed by atoms with Crippen LogP contribution in [0.25, 0.3) is 0 Å². The highest BCUT2D eigenvalue weighted by Crippen LogP contribution is 2.26. The number of amides is 1. The number of hydrogen-bond donors (Lipinski definition) is 1. The third kappa shape index (κ3) is 2.82. The van der Waals surface area contributed by atoms with E-state index in [1.807, 2.05) is 24.1 Å². The maximum absolute atomic E-state index is 12.5. The molecule has 3 heteroatoms. The first-order valence-electron chi connectivity index (χ1n) is 7.86. The number of nitrogens with one attached hydrogen (secondary N) is 1. The van der Waals surface area contributed by atoms with Gasteiger partial charge in [0, 0.05) is 31.4 Å². The number of carbonyl (C=O) groups excluding carboxylic acids is 1. The zero-order valence-electron chi connectivity index (χ0n) is 12.3. The van der Waals surface area contributed by atoms with Gasteiger partial charge in [0.15, 0.2) is 0 Å². The molecule has 2 aliphatic rings. The third-order valence-electron chi connectivity index (χ3n) is 4.67. The molecular weight excluding hydrogens is 248 g/mol. The Balaban J connectivity index is 1.65. The number of carbonyl (C=O) groups is 1. The molecule has 3 nitrogen and oxygen atoms in total. The minimum Gasteiger partial charge on any atom is -0.384 e. The number of hydrogen-bond acceptors (Lipinski definition) is 2. The Morgan fingerprint density at radius 3 is 2.90 bits per heavy atom. The van der Waals surface area contributed by atoms with Gasteiger partial charge in [-0.15, -0.1) is 0 Å². The first-order chi connectivity index (χ1) is 9.74. The van der Waals surface area contributed by atoms with Crippen molar-refractivity contribution in [2.75, 3.05) is 25.5 Å². The van der Waals surface area contributed by atoms with Gasteiger partial charge in [0.05, 0.1) is 0 Å². The Kier molecular flexibility index (Phi) is 3.95. The standard InChI is InChI=1S/C17H24N2O/c1-19(12-13-5-3-2-4-6-13)17(20)15-8-7-14-9-10-18-16(14)11-15/h7-8,11,13,18H,2-6,9-10,12H2,1H3. The van der Waals surface area contributed by atoms with Crippen LogP contribution in [0.3, 0.4) is 0 Å². The molecule has 1 aromatic carbocycles. The maximum Gasteiger partial charge on any atom is 0.253 e. The van der Waals surface area contributed by atoms with Crippen molar-refractivity contribution in [3.8, 4) is 0 Å². The van der Waals surface area contributed by atoms with Gasteiger partial charge in [0.1, 0.15) is 0 Å². The second kappa shape index (κ2) is 5.86. The van der Waals surface area contributed by atoms with Crippen molar-refractivity contribution >= 4 is 11.6 Å². The second-order valence-electron chi connectivity index (χ2n) is 6.24. The summed E-state index contributed by atoms with van der Waals surface area (Å²) in [5.41, 5.74) is 3.29. The summed E-state index contributed by atoms with van der Waals surface area (Å²) >= 11 is 0. The SMILES string of the molecule is CN(CC1CCCCC1)C(=O)c1ccc2c(c1)NCC2. The lowest BCUT2D eigenvalue weighted by atomic mass is 9.89. The van der Waals surface area contributed by atoms with E-state index in [-0.39, 0.29) is 5.91 Å². The molecule has 0 aromatic heterocycles. The quantitative estimate of drug-likeness (QED) is 0.915. The van der Waals surface area contributed by atoms with Crippen molar-refractivity contribution in [3.05, 3.63) is 29.3 Å². The van der Waals surface area contributed by atoms with E-state index in [2.05, 4.69) is 11.4 Å². The van der Waals surface area contributed by atoms with Crippen LogP contribution in [0, 0.1) is 5.92 Å². The Bertz CT molecular complexity index is 492. The van der Waals surface area contributed by atoms with Crippen molar-refractivity contribution in [1.82, 2.24) is 4.90 Å². The third-order valence-corrected chi connectivity index (χ3v) is 4.67. The summed E-state index contributed by atoms with van der Waals surface area (Å²) in [6.45, 7) is 1.90. The Hall–Kier alpha value is -1.51.